The maximum Gasteiger partial charge on any atom is 0.280 e. The van der Waals surface area contributed by atoms with Gasteiger partial charge in [0.1, 0.15) is 16.8 Å². The molecule has 1 unspecified atom stereocenters. The number of nitrogens with zero attached hydrogens (tertiary/aromatic N) is 1. The van der Waals surface area contributed by atoms with Crippen LogP contribution < -0.4 is 10.0 Å². The highest BCUT2D eigenvalue weighted by Gasteiger charge is 2.27. The van der Waals surface area contributed by atoms with E-state index in [0.29, 0.717) is 26.6 Å². The molecule has 0 saturated heterocycles. The lowest BCUT2D eigenvalue weighted by Crippen LogP contribution is -2.39. The number of carbonyl (C=O) groups is 1. The predicted molar refractivity (Wildman–Crippen MR) is 150 cm³/mol. The Bertz CT molecular complexity index is 1320. The highest BCUT2D eigenvalue weighted by molar-refractivity contribution is 7.83. The van der Waals surface area contributed by atoms with Crippen LogP contribution in [0.15, 0.2) is 35.2 Å². The van der Waals surface area contributed by atoms with Gasteiger partial charge in [0.05, 0.1) is 15.5 Å². The van der Waals surface area contributed by atoms with Crippen molar-refractivity contribution in [1.29, 1.82) is 0 Å². The number of carbonyl (C=O) groups excluding carboxylic acids is 1. The summed E-state index contributed by atoms with van der Waals surface area (Å²) in [6.45, 7) is 5.85. The van der Waals surface area contributed by atoms with Gasteiger partial charge < -0.3 is 5.32 Å². The minimum Gasteiger partial charge on any atom is -0.347 e. The molecule has 3 aromatic rings. The molecular formula is C29H36FN3O2S2. The van der Waals surface area contributed by atoms with Crippen molar-refractivity contribution in [2.45, 2.75) is 95.0 Å². The molecule has 1 atom stereocenters. The van der Waals surface area contributed by atoms with Gasteiger partial charge in [0.2, 0.25) is 0 Å². The van der Waals surface area contributed by atoms with Crippen molar-refractivity contribution in [1.82, 2.24) is 15.0 Å². The Hall–Kier alpha value is -2.16. The summed E-state index contributed by atoms with van der Waals surface area (Å²) in [6, 6.07) is 8.84. The molecular weight excluding hydrogens is 505 g/mol. The third-order valence-corrected chi connectivity index (χ3v) is 10.0. The topological polar surface area (TPSA) is 71.1 Å². The Morgan fingerprint density at radius 2 is 1.84 bits per heavy atom. The van der Waals surface area contributed by atoms with Crippen molar-refractivity contribution >= 4 is 39.0 Å². The van der Waals surface area contributed by atoms with Gasteiger partial charge in [-0.05, 0) is 64.5 Å². The smallest absolute Gasteiger partial charge is 0.280 e. The van der Waals surface area contributed by atoms with Crippen molar-refractivity contribution < 1.29 is 13.4 Å². The van der Waals surface area contributed by atoms with E-state index in [9.17, 15) is 9.00 Å². The number of hydrogen-bond donors (Lipinski definition) is 2. The maximum absolute atomic E-state index is 15.5. The molecule has 2 saturated carbocycles. The zero-order valence-electron chi connectivity index (χ0n) is 21.9. The quantitative estimate of drug-likeness (QED) is 0.341. The van der Waals surface area contributed by atoms with Crippen LogP contribution in [0.4, 0.5) is 4.39 Å². The zero-order chi connectivity index (χ0) is 26.2. The molecule has 2 aliphatic carbocycles. The normalized spacial score (nSPS) is 18.1. The molecule has 2 N–H and O–H groups in total. The van der Waals surface area contributed by atoms with Gasteiger partial charge in [-0.3, -0.25) is 4.79 Å². The zero-order valence-corrected chi connectivity index (χ0v) is 23.5. The molecule has 5 rings (SSSR count). The van der Waals surface area contributed by atoms with Gasteiger partial charge in [-0.1, -0.05) is 50.3 Å². The maximum atomic E-state index is 15.5. The number of aromatic nitrogens is 1. The van der Waals surface area contributed by atoms with Crippen molar-refractivity contribution in [3.8, 4) is 10.4 Å². The molecule has 1 aromatic heterocycles. The van der Waals surface area contributed by atoms with Crippen LogP contribution in [-0.2, 0) is 17.4 Å². The van der Waals surface area contributed by atoms with Gasteiger partial charge in [0.25, 0.3) is 5.91 Å². The second-order valence-electron chi connectivity index (χ2n) is 11.5. The lowest BCUT2D eigenvalue weighted by Gasteiger charge is -2.25. The Morgan fingerprint density at radius 1 is 1.08 bits per heavy atom. The fourth-order valence-electron chi connectivity index (χ4n) is 5.28. The number of rotatable bonds is 7. The van der Waals surface area contributed by atoms with Crippen molar-refractivity contribution in [3.05, 3.63) is 46.9 Å². The largest absolute Gasteiger partial charge is 0.347 e. The SMILES string of the molecule is CC(C)(C)NS(=O)c1ccc(-c2sc(C(=O)NC3CCC3)nc2CC2CCCCC2)c2c(F)cccc12. The summed E-state index contributed by atoms with van der Waals surface area (Å²) in [7, 11) is -1.51. The number of halogens is 1. The fourth-order valence-corrected chi connectivity index (χ4v) is 7.54. The molecule has 1 heterocycles. The van der Waals surface area contributed by atoms with Crippen LogP contribution in [0.25, 0.3) is 21.2 Å². The molecule has 2 aliphatic rings. The monoisotopic (exact) mass is 541 g/mol. The van der Waals surface area contributed by atoms with Gasteiger partial charge >= 0.3 is 0 Å². The summed E-state index contributed by atoms with van der Waals surface area (Å²) in [6.07, 6.45) is 9.98. The molecule has 8 heteroatoms. The Balaban J connectivity index is 1.59. The number of hydrogen-bond acceptors (Lipinski definition) is 4. The van der Waals surface area contributed by atoms with Crippen LogP contribution in [0, 0.1) is 11.7 Å². The van der Waals surface area contributed by atoms with E-state index in [-0.39, 0.29) is 23.3 Å². The van der Waals surface area contributed by atoms with Crippen molar-refractivity contribution in [2.24, 2.45) is 5.92 Å². The van der Waals surface area contributed by atoms with Crippen molar-refractivity contribution in [3.63, 3.8) is 0 Å². The molecule has 2 fully saturated rings. The molecule has 0 aliphatic heterocycles. The molecule has 5 nitrogen and oxygen atoms in total. The van der Waals surface area contributed by atoms with E-state index in [2.05, 4.69) is 10.0 Å². The molecule has 198 valence electrons. The van der Waals surface area contributed by atoms with Gasteiger partial charge in [-0.15, -0.1) is 11.3 Å². The lowest BCUT2D eigenvalue weighted by molar-refractivity contribution is 0.0916. The standard InChI is InChI=1S/C29H36FN3O2S2/c1-29(2,3)33-37(35)24-16-15-21(25-20(24)13-8-14-22(25)30)26-23(17-18-9-5-4-6-10-18)32-28(36-26)27(34)31-19-11-7-12-19/h8,13-16,18-19,33H,4-7,9-12,17H2,1-3H3,(H,31,34). The summed E-state index contributed by atoms with van der Waals surface area (Å²) in [5, 5.41) is 4.60. The van der Waals surface area contributed by atoms with E-state index >= 15 is 4.39 Å². The van der Waals surface area contributed by atoms with Gasteiger partial charge in [0.15, 0.2) is 5.01 Å². The van der Waals surface area contributed by atoms with E-state index in [1.807, 2.05) is 39.0 Å². The van der Waals surface area contributed by atoms with E-state index in [4.69, 9.17) is 4.98 Å². The number of nitrogens with one attached hydrogen (secondary N) is 2. The molecule has 0 spiro atoms. The minimum absolute atomic E-state index is 0.136. The van der Waals surface area contributed by atoms with Crippen LogP contribution in [0.5, 0.6) is 0 Å². The Labute approximate surface area is 225 Å². The number of thiazole rings is 1. The minimum atomic E-state index is -1.51. The van der Waals surface area contributed by atoms with E-state index in [1.165, 1.54) is 36.7 Å². The number of fused-ring (bicyclic) bond motifs is 1. The van der Waals surface area contributed by atoms with Crippen LogP contribution in [0.3, 0.4) is 0 Å². The fraction of sp³-hybridized carbons (Fsp3) is 0.517. The first kappa shape index (κ1) is 26.4. The lowest BCUT2D eigenvalue weighted by atomic mass is 9.85. The van der Waals surface area contributed by atoms with Crippen LogP contribution >= 0.6 is 11.3 Å². The first-order chi connectivity index (χ1) is 17.7. The molecule has 37 heavy (non-hydrogen) atoms. The molecule has 2 aromatic carbocycles. The van der Waals surface area contributed by atoms with E-state index in [0.717, 1.165) is 54.7 Å². The molecule has 0 bridgehead atoms. The van der Waals surface area contributed by atoms with E-state index in [1.54, 1.807) is 6.07 Å². The highest BCUT2D eigenvalue weighted by Crippen LogP contribution is 2.40. The summed E-state index contributed by atoms with van der Waals surface area (Å²) >= 11 is 1.35. The second kappa shape index (κ2) is 10.9. The van der Waals surface area contributed by atoms with Crippen LogP contribution in [-0.4, -0.2) is 26.7 Å². The first-order valence-corrected chi connectivity index (χ1v) is 15.4. The van der Waals surface area contributed by atoms with Crippen LogP contribution in [0.2, 0.25) is 0 Å². The Morgan fingerprint density at radius 3 is 2.51 bits per heavy atom. The van der Waals surface area contributed by atoms with Crippen molar-refractivity contribution in [2.75, 3.05) is 0 Å². The average Bonchev–Trinajstić information content (AvgIpc) is 3.24. The van der Waals surface area contributed by atoms with Gasteiger partial charge in [0, 0.05) is 27.9 Å². The molecule has 0 radical (unpaired) electrons. The first-order valence-electron chi connectivity index (χ1n) is 13.4. The summed E-state index contributed by atoms with van der Waals surface area (Å²) in [5.74, 6) is 0.0262. The summed E-state index contributed by atoms with van der Waals surface area (Å²) < 4.78 is 31.8. The van der Waals surface area contributed by atoms with Gasteiger partial charge in [-0.25, -0.2) is 18.3 Å². The predicted octanol–water partition coefficient (Wildman–Crippen LogP) is 6.92. The molecule has 1 amide bonds. The average molecular weight is 542 g/mol. The van der Waals surface area contributed by atoms with Crippen LogP contribution in [0.1, 0.15) is 87.6 Å². The third-order valence-electron chi connectivity index (χ3n) is 7.33. The summed E-state index contributed by atoms with van der Waals surface area (Å²) in [5.41, 5.74) is 1.23. The second-order valence-corrected chi connectivity index (χ2v) is 13.7. The highest BCUT2D eigenvalue weighted by atomic mass is 32.2. The number of benzene rings is 2. The Kier molecular flexibility index (Phi) is 7.80. The van der Waals surface area contributed by atoms with E-state index < -0.39 is 11.0 Å². The number of amides is 1. The summed E-state index contributed by atoms with van der Waals surface area (Å²) in [4.78, 5) is 19.3. The third kappa shape index (κ3) is 5.96. The van der Waals surface area contributed by atoms with Gasteiger partial charge in [-0.2, -0.15) is 0 Å².